The highest BCUT2D eigenvalue weighted by atomic mass is 16.6. The average molecular weight is 456 g/mol. The lowest BCUT2D eigenvalue weighted by atomic mass is 10.1. The van der Waals surface area contributed by atoms with Gasteiger partial charge < -0.3 is 9.47 Å². The summed E-state index contributed by atoms with van der Waals surface area (Å²) in [6.07, 6.45) is 10.4. The highest BCUT2D eigenvalue weighted by Gasteiger charge is 2.35. The lowest BCUT2D eigenvalue weighted by molar-refractivity contribution is 0.0428. The second-order valence-electron chi connectivity index (χ2n) is 8.95. The van der Waals surface area contributed by atoms with Crippen LogP contribution in [0.25, 0.3) is 5.57 Å². The molecule has 1 heterocycles. The van der Waals surface area contributed by atoms with Crippen molar-refractivity contribution in [1.29, 1.82) is 0 Å². The number of ether oxygens (including phenoxy) is 2. The SMILES string of the molecule is C#Cc1nc(/C(C=C(C)C)=C/C=C)cnc1N(C(=O)OC(C)(C)C)C(=O)OC(C)(C)C.CC. The summed E-state index contributed by atoms with van der Waals surface area (Å²) in [5.74, 6) is 2.25. The van der Waals surface area contributed by atoms with Crippen LogP contribution in [0.15, 0.2) is 36.6 Å². The van der Waals surface area contributed by atoms with Gasteiger partial charge in [0.25, 0.3) is 0 Å². The molecule has 0 radical (unpaired) electrons. The van der Waals surface area contributed by atoms with Crippen LogP contribution in [0.1, 0.15) is 80.6 Å². The minimum atomic E-state index is -0.966. The topological polar surface area (TPSA) is 81.6 Å². The Balaban J connectivity index is 0.00000497. The first-order chi connectivity index (χ1) is 15.2. The lowest BCUT2D eigenvalue weighted by Crippen LogP contribution is -2.44. The number of amides is 2. The quantitative estimate of drug-likeness (QED) is 0.371. The van der Waals surface area contributed by atoms with Gasteiger partial charge in [-0.05, 0) is 61.3 Å². The minimum absolute atomic E-state index is 0.00802. The van der Waals surface area contributed by atoms with Crippen molar-refractivity contribution in [1.82, 2.24) is 9.97 Å². The van der Waals surface area contributed by atoms with E-state index < -0.39 is 23.4 Å². The van der Waals surface area contributed by atoms with Gasteiger partial charge in [-0.25, -0.2) is 19.6 Å². The normalized spacial score (nSPS) is 11.2. The van der Waals surface area contributed by atoms with E-state index in [9.17, 15) is 9.59 Å². The third kappa shape index (κ3) is 10.2. The van der Waals surface area contributed by atoms with Gasteiger partial charge in [0, 0.05) is 5.57 Å². The van der Waals surface area contributed by atoms with E-state index in [-0.39, 0.29) is 11.5 Å². The monoisotopic (exact) mass is 455 g/mol. The lowest BCUT2D eigenvalue weighted by Gasteiger charge is -2.28. The van der Waals surface area contributed by atoms with Crippen molar-refractivity contribution < 1.29 is 19.1 Å². The van der Waals surface area contributed by atoms with E-state index in [1.807, 2.05) is 33.8 Å². The molecule has 0 saturated heterocycles. The number of hydrogen-bond acceptors (Lipinski definition) is 6. The molecule has 0 aliphatic heterocycles. The number of carbonyl (C=O) groups excluding carboxylic acids is 2. The molecular weight excluding hydrogens is 418 g/mol. The van der Waals surface area contributed by atoms with E-state index in [1.54, 1.807) is 53.7 Å². The number of carbonyl (C=O) groups is 2. The molecule has 7 nitrogen and oxygen atoms in total. The van der Waals surface area contributed by atoms with Crippen molar-refractivity contribution in [3.8, 4) is 12.3 Å². The number of aromatic nitrogens is 2. The van der Waals surface area contributed by atoms with E-state index >= 15 is 0 Å². The number of terminal acetylenes is 1. The summed E-state index contributed by atoms with van der Waals surface area (Å²) in [4.78, 5) is 35.1. The first-order valence-corrected chi connectivity index (χ1v) is 10.8. The van der Waals surface area contributed by atoms with Gasteiger partial charge in [0.05, 0.1) is 11.9 Å². The highest BCUT2D eigenvalue weighted by molar-refractivity contribution is 6.09. The Hall–Kier alpha value is -3.40. The zero-order valence-electron chi connectivity index (χ0n) is 21.6. The number of hydrogen-bond donors (Lipinski definition) is 0. The average Bonchev–Trinajstić information content (AvgIpc) is 2.66. The molecule has 1 aromatic heterocycles. The molecular formula is C26H37N3O4. The number of anilines is 1. The number of allylic oxidation sites excluding steroid dienone is 5. The first kappa shape index (κ1) is 29.6. The van der Waals surface area contributed by atoms with Gasteiger partial charge in [-0.2, -0.15) is 4.90 Å². The molecule has 0 saturated carbocycles. The Morgan fingerprint density at radius 3 is 1.91 bits per heavy atom. The van der Waals surface area contributed by atoms with Crippen molar-refractivity contribution in [2.75, 3.05) is 4.90 Å². The standard InChI is InChI=1S/C24H31N3O4.C2H6/c1-11-13-17(14-16(3)4)19-15-25-20(18(12-2)26-19)27(21(28)30-23(5,6)7)22(29)31-24(8,9)10;1-2/h2,11,13-15H,1H2,3-10H3;1-2H3/b17-13+;. The molecule has 1 rings (SSSR count). The van der Waals surface area contributed by atoms with Crippen molar-refractivity contribution in [3.05, 3.63) is 48.0 Å². The van der Waals surface area contributed by atoms with Crippen LogP contribution in [0.5, 0.6) is 0 Å². The van der Waals surface area contributed by atoms with Crippen LogP contribution < -0.4 is 4.90 Å². The van der Waals surface area contributed by atoms with Crippen LogP contribution in [0.2, 0.25) is 0 Å². The van der Waals surface area contributed by atoms with Crippen molar-refractivity contribution in [2.45, 2.75) is 80.4 Å². The van der Waals surface area contributed by atoms with Gasteiger partial charge >= 0.3 is 12.2 Å². The van der Waals surface area contributed by atoms with Crippen molar-refractivity contribution in [2.24, 2.45) is 0 Å². The summed E-state index contributed by atoms with van der Waals surface area (Å²) in [5, 5.41) is 0. The van der Waals surface area contributed by atoms with Gasteiger partial charge in [-0.3, -0.25) is 0 Å². The van der Waals surface area contributed by atoms with E-state index in [4.69, 9.17) is 15.9 Å². The van der Waals surface area contributed by atoms with E-state index in [0.717, 1.165) is 11.1 Å². The van der Waals surface area contributed by atoms with Crippen LogP contribution in [0.4, 0.5) is 15.4 Å². The fourth-order valence-corrected chi connectivity index (χ4v) is 2.29. The minimum Gasteiger partial charge on any atom is -0.443 e. The van der Waals surface area contributed by atoms with Gasteiger partial charge in [0.1, 0.15) is 11.2 Å². The number of rotatable bonds is 4. The van der Waals surface area contributed by atoms with Crippen LogP contribution in [-0.2, 0) is 9.47 Å². The van der Waals surface area contributed by atoms with Crippen molar-refractivity contribution in [3.63, 3.8) is 0 Å². The maximum absolute atomic E-state index is 12.9. The molecule has 1 aromatic rings. The summed E-state index contributed by atoms with van der Waals surface area (Å²) in [7, 11) is 0. The Kier molecular flexibility index (Phi) is 11.3. The zero-order chi connectivity index (χ0) is 26.0. The maximum atomic E-state index is 12.9. The molecule has 33 heavy (non-hydrogen) atoms. The predicted octanol–water partition coefficient (Wildman–Crippen LogP) is 6.70. The molecule has 7 heteroatoms. The van der Waals surface area contributed by atoms with E-state index in [2.05, 4.69) is 22.5 Å². The summed E-state index contributed by atoms with van der Waals surface area (Å²) in [6.45, 7) is 21.7. The molecule has 0 spiro atoms. The van der Waals surface area contributed by atoms with E-state index in [1.165, 1.54) is 6.20 Å². The predicted molar refractivity (Wildman–Crippen MR) is 134 cm³/mol. The summed E-state index contributed by atoms with van der Waals surface area (Å²) >= 11 is 0. The second-order valence-corrected chi connectivity index (χ2v) is 8.95. The number of imide groups is 1. The fourth-order valence-electron chi connectivity index (χ4n) is 2.29. The van der Waals surface area contributed by atoms with Gasteiger partial charge in [0.2, 0.25) is 0 Å². The largest absolute Gasteiger partial charge is 0.443 e. The van der Waals surface area contributed by atoms with Gasteiger partial charge in [-0.15, -0.1) is 6.42 Å². The molecule has 0 aromatic carbocycles. The second kappa shape index (κ2) is 12.6. The Labute approximate surface area is 198 Å². The molecule has 2 amide bonds. The fraction of sp³-hybridized carbons (Fsp3) is 0.462. The van der Waals surface area contributed by atoms with Crippen LogP contribution in [0.3, 0.4) is 0 Å². The Bertz CT molecular complexity index is 923. The van der Waals surface area contributed by atoms with E-state index in [0.29, 0.717) is 10.6 Å². The molecule has 0 unspecified atom stereocenters. The Morgan fingerprint density at radius 1 is 1.06 bits per heavy atom. The maximum Gasteiger partial charge on any atom is 0.425 e. The summed E-state index contributed by atoms with van der Waals surface area (Å²) in [5.41, 5.74) is 0.503. The zero-order valence-corrected chi connectivity index (χ0v) is 21.6. The smallest absolute Gasteiger partial charge is 0.425 e. The van der Waals surface area contributed by atoms with Crippen LogP contribution >= 0.6 is 0 Å². The third-order valence-electron chi connectivity index (χ3n) is 3.29. The van der Waals surface area contributed by atoms with Gasteiger partial charge in [-0.1, -0.05) is 44.2 Å². The summed E-state index contributed by atoms with van der Waals surface area (Å²) < 4.78 is 10.7. The molecule has 0 bridgehead atoms. The summed E-state index contributed by atoms with van der Waals surface area (Å²) in [6, 6.07) is 0. The molecule has 0 atom stereocenters. The first-order valence-electron chi connectivity index (χ1n) is 10.8. The number of nitrogens with zero attached hydrogens (tertiary/aromatic N) is 3. The molecule has 0 N–H and O–H groups in total. The molecule has 0 aliphatic carbocycles. The van der Waals surface area contributed by atoms with Crippen LogP contribution in [-0.4, -0.2) is 33.4 Å². The van der Waals surface area contributed by atoms with Crippen molar-refractivity contribution >= 4 is 23.6 Å². The third-order valence-corrected chi connectivity index (χ3v) is 3.29. The molecule has 0 fully saturated rings. The molecule has 0 aliphatic rings. The Morgan fingerprint density at radius 2 is 1.55 bits per heavy atom. The highest BCUT2D eigenvalue weighted by Crippen LogP contribution is 2.24. The molecule has 180 valence electrons. The van der Waals surface area contributed by atoms with Gasteiger partial charge in [0.15, 0.2) is 11.5 Å². The van der Waals surface area contributed by atoms with Crippen LogP contribution in [0, 0.1) is 12.3 Å².